The summed E-state index contributed by atoms with van der Waals surface area (Å²) in [5.74, 6) is -2.26. The van der Waals surface area contributed by atoms with Crippen molar-refractivity contribution in [3.05, 3.63) is 58.1 Å². The van der Waals surface area contributed by atoms with Crippen LogP contribution in [-0.2, 0) is 9.53 Å². The Bertz CT molecular complexity index is 795. The molecule has 0 radical (unpaired) electrons. The van der Waals surface area contributed by atoms with Crippen LogP contribution in [0.5, 0.6) is 11.5 Å². The Kier molecular flexibility index (Phi) is 6.46. The van der Waals surface area contributed by atoms with Gasteiger partial charge in [-0.15, -0.1) is 0 Å². The third-order valence-corrected chi connectivity index (χ3v) is 3.70. The van der Waals surface area contributed by atoms with Gasteiger partial charge in [0.2, 0.25) is 0 Å². The van der Waals surface area contributed by atoms with Crippen molar-refractivity contribution in [1.29, 1.82) is 0 Å². The number of methoxy groups -OCH3 is 1. The summed E-state index contributed by atoms with van der Waals surface area (Å²) in [7, 11) is 1.31. The van der Waals surface area contributed by atoms with Gasteiger partial charge in [-0.2, -0.15) is 0 Å². The number of carbonyl (C=O) groups is 2. The number of esters is 1. The molecule has 132 valence electrons. The first kappa shape index (κ1) is 18.9. The molecule has 2 rings (SSSR count). The molecule has 0 N–H and O–H groups in total. The van der Waals surface area contributed by atoms with Crippen LogP contribution in [-0.4, -0.2) is 32.1 Å². The SMILES string of the molecule is COc1ccc(C(=O)COC(=O)COc2ccc(F)cc2Br)cc1F. The highest BCUT2D eigenvalue weighted by Crippen LogP contribution is 2.25. The van der Waals surface area contributed by atoms with Gasteiger partial charge < -0.3 is 14.2 Å². The quantitative estimate of drug-likeness (QED) is 0.512. The molecule has 8 heteroatoms. The van der Waals surface area contributed by atoms with Gasteiger partial charge in [-0.05, 0) is 52.3 Å². The van der Waals surface area contributed by atoms with Gasteiger partial charge in [-0.1, -0.05) is 0 Å². The molecular weight excluding hydrogens is 402 g/mol. The van der Waals surface area contributed by atoms with E-state index in [9.17, 15) is 18.4 Å². The summed E-state index contributed by atoms with van der Waals surface area (Å²) < 4.78 is 41.5. The van der Waals surface area contributed by atoms with Crippen molar-refractivity contribution in [1.82, 2.24) is 0 Å². The average molecular weight is 415 g/mol. The summed E-state index contributed by atoms with van der Waals surface area (Å²) in [5, 5.41) is 0. The van der Waals surface area contributed by atoms with Gasteiger partial charge in [0.05, 0.1) is 11.6 Å². The van der Waals surface area contributed by atoms with E-state index in [0.29, 0.717) is 4.47 Å². The largest absolute Gasteiger partial charge is 0.494 e. The number of ether oxygens (including phenoxy) is 3. The summed E-state index contributed by atoms with van der Waals surface area (Å²) in [6.07, 6.45) is 0. The van der Waals surface area contributed by atoms with Gasteiger partial charge in [0.25, 0.3) is 0 Å². The molecule has 0 saturated carbocycles. The van der Waals surface area contributed by atoms with Crippen molar-refractivity contribution >= 4 is 27.7 Å². The standard InChI is InChI=1S/C17H13BrF2O5/c1-23-16-4-2-10(6-13(16)20)14(21)8-25-17(22)9-24-15-5-3-11(19)7-12(15)18/h2-7H,8-9H2,1H3. The number of hydrogen-bond donors (Lipinski definition) is 0. The van der Waals surface area contributed by atoms with Crippen molar-refractivity contribution in [2.24, 2.45) is 0 Å². The molecule has 0 atom stereocenters. The smallest absolute Gasteiger partial charge is 0.344 e. The second-order valence-corrected chi connectivity index (χ2v) is 5.65. The van der Waals surface area contributed by atoms with E-state index in [4.69, 9.17) is 14.2 Å². The van der Waals surface area contributed by atoms with E-state index in [0.717, 1.165) is 6.07 Å². The highest BCUT2D eigenvalue weighted by molar-refractivity contribution is 9.10. The fourth-order valence-electron chi connectivity index (χ4n) is 1.84. The van der Waals surface area contributed by atoms with Crippen LogP contribution in [0.2, 0.25) is 0 Å². The predicted molar refractivity (Wildman–Crippen MR) is 87.8 cm³/mol. The molecule has 0 aliphatic rings. The lowest BCUT2D eigenvalue weighted by molar-refractivity contribution is -0.144. The van der Waals surface area contributed by atoms with Crippen LogP contribution in [0.4, 0.5) is 8.78 Å². The van der Waals surface area contributed by atoms with Gasteiger partial charge >= 0.3 is 5.97 Å². The maximum atomic E-state index is 13.5. The summed E-state index contributed by atoms with van der Waals surface area (Å²) in [5.41, 5.74) is 0.0493. The molecule has 0 aliphatic heterocycles. The lowest BCUT2D eigenvalue weighted by Crippen LogP contribution is -2.19. The van der Waals surface area contributed by atoms with Crippen molar-refractivity contribution in [2.75, 3.05) is 20.3 Å². The van der Waals surface area contributed by atoms with E-state index in [1.807, 2.05) is 0 Å². The minimum atomic E-state index is -0.793. The van der Waals surface area contributed by atoms with Crippen LogP contribution in [0.3, 0.4) is 0 Å². The number of benzene rings is 2. The van der Waals surface area contributed by atoms with E-state index in [-0.39, 0.29) is 17.1 Å². The Hall–Kier alpha value is -2.48. The zero-order valence-corrected chi connectivity index (χ0v) is 14.6. The van der Waals surface area contributed by atoms with Gasteiger partial charge in [-0.25, -0.2) is 13.6 Å². The Balaban J connectivity index is 1.85. The van der Waals surface area contributed by atoms with E-state index in [1.165, 1.54) is 37.4 Å². The van der Waals surface area contributed by atoms with Crippen LogP contribution in [0.1, 0.15) is 10.4 Å². The molecule has 0 bridgehead atoms. The minimum Gasteiger partial charge on any atom is -0.494 e. The predicted octanol–water partition coefficient (Wildman–Crippen LogP) is 3.54. The van der Waals surface area contributed by atoms with Crippen molar-refractivity contribution in [3.63, 3.8) is 0 Å². The molecule has 5 nitrogen and oxygen atoms in total. The zero-order valence-electron chi connectivity index (χ0n) is 13.1. The van der Waals surface area contributed by atoms with Crippen LogP contribution in [0.25, 0.3) is 0 Å². The number of rotatable bonds is 7. The van der Waals surface area contributed by atoms with E-state index in [2.05, 4.69) is 15.9 Å². The number of hydrogen-bond acceptors (Lipinski definition) is 5. The fourth-order valence-corrected chi connectivity index (χ4v) is 2.31. The molecule has 0 heterocycles. The topological polar surface area (TPSA) is 61.8 Å². The number of Topliss-reactive ketones (excluding diaryl/α,β-unsaturated/α-hetero) is 1. The molecular formula is C17H13BrF2O5. The van der Waals surface area contributed by atoms with Gasteiger partial charge in [0.1, 0.15) is 11.6 Å². The van der Waals surface area contributed by atoms with E-state index in [1.54, 1.807) is 0 Å². The lowest BCUT2D eigenvalue weighted by atomic mass is 10.1. The minimum absolute atomic E-state index is 0.00631. The van der Waals surface area contributed by atoms with Crippen LogP contribution >= 0.6 is 15.9 Å². The van der Waals surface area contributed by atoms with Crippen LogP contribution in [0, 0.1) is 11.6 Å². The average Bonchev–Trinajstić information content (AvgIpc) is 2.58. The molecule has 0 unspecified atom stereocenters. The second-order valence-electron chi connectivity index (χ2n) is 4.80. The Morgan fingerprint density at radius 2 is 1.76 bits per heavy atom. The first-order valence-corrected chi connectivity index (χ1v) is 7.80. The van der Waals surface area contributed by atoms with Gasteiger partial charge in [-0.3, -0.25) is 4.79 Å². The number of halogens is 3. The molecule has 0 spiro atoms. The van der Waals surface area contributed by atoms with Crippen molar-refractivity contribution < 1.29 is 32.6 Å². The van der Waals surface area contributed by atoms with Crippen LogP contribution < -0.4 is 9.47 Å². The highest BCUT2D eigenvalue weighted by atomic mass is 79.9. The Morgan fingerprint density at radius 3 is 2.40 bits per heavy atom. The summed E-state index contributed by atoms with van der Waals surface area (Å²) in [6, 6.07) is 7.37. The molecule has 0 aliphatic carbocycles. The molecule has 2 aromatic rings. The molecule has 25 heavy (non-hydrogen) atoms. The Morgan fingerprint density at radius 1 is 1.04 bits per heavy atom. The molecule has 0 amide bonds. The molecule has 0 fully saturated rings. The highest BCUT2D eigenvalue weighted by Gasteiger charge is 2.14. The molecule has 0 aromatic heterocycles. The van der Waals surface area contributed by atoms with E-state index < -0.39 is 36.6 Å². The third kappa shape index (κ3) is 5.25. The fraction of sp³-hybridized carbons (Fsp3) is 0.176. The normalized spacial score (nSPS) is 10.2. The van der Waals surface area contributed by atoms with Gasteiger partial charge in [0.15, 0.2) is 30.6 Å². The lowest BCUT2D eigenvalue weighted by Gasteiger charge is -2.08. The second kappa shape index (κ2) is 8.57. The maximum absolute atomic E-state index is 13.5. The first-order chi connectivity index (χ1) is 11.9. The summed E-state index contributed by atoms with van der Waals surface area (Å²) >= 11 is 3.09. The number of ketones is 1. The van der Waals surface area contributed by atoms with E-state index >= 15 is 0 Å². The van der Waals surface area contributed by atoms with Crippen LogP contribution in [0.15, 0.2) is 40.9 Å². The monoisotopic (exact) mass is 414 g/mol. The summed E-state index contributed by atoms with van der Waals surface area (Å²) in [4.78, 5) is 23.5. The van der Waals surface area contributed by atoms with Crippen molar-refractivity contribution in [2.45, 2.75) is 0 Å². The summed E-state index contributed by atoms with van der Waals surface area (Å²) in [6.45, 7) is -1.02. The number of carbonyl (C=O) groups excluding carboxylic acids is 2. The zero-order chi connectivity index (χ0) is 18.4. The van der Waals surface area contributed by atoms with Crippen molar-refractivity contribution in [3.8, 4) is 11.5 Å². The Labute approximate surface area is 150 Å². The maximum Gasteiger partial charge on any atom is 0.344 e. The molecule has 0 saturated heterocycles. The third-order valence-electron chi connectivity index (χ3n) is 3.08. The van der Waals surface area contributed by atoms with Gasteiger partial charge in [0, 0.05) is 5.56 Å². The first-order valence-electron chi connectivity index (χ1n) is 7.01. The molecule has 2 aromatic carbocycles.